The lowest BCUT2D eigenvalue weighted by Crippen LogP contribution is -2.27. The zero-order valence-electron chi connectivity index (χ0n) is 12.4. The van der Waals surface area contributed by atoms with Crippen molar-refractivity contribution in [1.82, 2.24) is 20.1 Å². The summed E-state index contributed by atoms with van der Waals surface area (Å²) in [7, 11) is 0. The van der Waals surface area contributed by atoms with Gasteiger partial charge in [-0.05, 0) is 50.2 Å². The van der Waals surface area contributed by atoms with E-state index in [9.17, 15) is 0 Å². The number of benzene rings is 1. The van der Waals surface area contributed by atoms with Crippen LogP contribution in [0.2, 0.25) is 0 Å². The van der Waals surface area contributed by atoms with Gasteiger partial charge in [0.15, 0.2) is 5.82 Å². The van der Waals surface area contributed by atoms with Crippen LogP contribution in [-0.2, 0) is 6.42 Å². The topological polar surface area (TPSA) is 70.8 Å². The molecule has 3 rings (SSSR count). The van der Waals surface area contributed by atoms with Crippen LogP contribution in [0.5, 0.6) is 0 Å². The van der Waals surface area contributed by atoms with Crippen molar-refractivity contribution in [3.05, 3.63) is 30.1 Å². The van der Waals surface area contributed by atoms with Crippen molar-refractivity contribution in [3.63, 3.8) is 0 Å². The normalized spacial score (nSPS) is 16.8. The lowest BCUT2D eigenvalue weighted by molar-refractivity contribution is 0.287. The summed E-state index contributed by atoms with van der Waals surface area (Å²) in [4.78, 5) is 7.12. The van der Waals surface area contributed by atoms with Crippen LogP contribution in [0.25, 0.3) is 11.4 Å². The molecule has 1 aromatic carbocycles. The van der Waals surface area contributed by atoms with Gasteiger partial charge >= 0.3 is 0 Å². The van der Waals surface area contributed by atoms with Crippen LogP contribution >= 0.6 is 0 Å². The summed E-state index contributed by atoms with van der Waals surface area (Å²) in [6.07, 6.45) is 6.34. The Labute approximate surface area is 125 Å². The molecule has 1 aliphatic heterocycles. The highest BCUT2D eigenvalue weighted by molar-refractivity contribution is 5.58. The van der Waals surface area contributed by atoms with Crippen LogP contribution < -0.4 is 5.73 Å². The maximum atomic E-state index is 5.70. The Kier molecular flexibility index (Phi) is 4.50. The largest absolute Gasteiger partial charge is 0.399 e. The number of nitrogen functional groups attached to an aromatic ring is 1. The molecule has 0 aliphatic carbocycles. The van der Waals surface area contributed by atoms with E-state index in [1.54, 1.807) is 0 Å². The smallest absolute Gasteiger partial charge is 0.181 e. The van der Waals surface area contributed by atoms with E-state index in [0.717, 1.165) is 35.9 Å². The number of nitrogens with one attached hydrogen (secondary N) is 1. The van der Waals surface area contributed by atoms with Crippen molar-refractivity contribution in [2.75, 3.05) is 25.4 Å². The van der Waals surface area contributed by atoms with Crippen molar-refractivity contribution in [2.45, 2.75) is 32.1 Å². The Morgan fingerprint density at radius 3 is 2.48 bits per heavy atom. The molecule has 0 bridgehead atoms. The fourth-order valence-corrected chi connectivity index (χ4v) is 2.79. The number of rotatable bonds is 4. The van der Waals surface area contributed by atoms with Gasteiger partial charge in [0.1, 0.15) is 5.82 Å². The number of anilines is 1. The van der Waals surface area contributed by atoms with Gasteiger partial charge in [-0.25, -0.2) is 4.98 Å². The molecule has 0 saturated carbocycles. The lowest BCUT2D eigenvalue weighted by Gasteiger charge is -2.18. The molecule has 2 aromatic rings. The van der Waals surface area contributed by atoms with Crippen LogP contribution in [0.4, 0.5) is 5.69 Å². The van der Waals surface area contributed by atoms with Gasteiger partial charge in [-0.2, -0.15) is 5.10 Å². The van der Waals surface area contributed by atoms with E-state index in [1.165, 1.54) is 38.8 Å². The summed E-state index contributed by atoms with van der Waals surface area (Å²) >= 11 is 0. The van der Waals surface area contributed by atoms with E-state index in [4.69, 9.17) is 5.73 Å². The molecule has 5 nitrogen and oxygen atoms in total. The minimum atomic E-state index is 0.751. The Hall–Kier alpha value is -1.88. The molecule has 1 saturated heterocycles. The predicted molar refractivity (Wildman–Crippen MR) is 84.8 cm³/mol. The van der Waals surface area contributed by atoms with Crippen molar-refractivity contribution < 1.29 is 0 Å². The third kappa shape index (κ3) is 3.82. The molecular weight excluding hydrogens is 262 g/mol. The van der Waals surface area contributed by atoms with Crippen molar-refractivity contribution in [2.24, 2.45) is 0 Å². The molecule has 21 heavy (non-hydrogen) atoms. The number of nitrogens with two attached hydrogens (primary N) is 1. The Balaban J connectivity index is 1.58. The quantitative estimate of drug-likeness (QED) is 0.847. The van der Waals surface area contributed by atoms with Gasteiger partial charge in [0, 0.05) is 24.2 Å². The highest BCUT2D eigenvalue weighted by Gasteiger charge is 2.11. The van der Waals surface area contributed by atoms with Crippen LogP contribution in [0.3, 0.4) is 0 Å². The fourth-order valence-electron chi connectivity index (χ4n) is 2.79. The molecule has 1 aromatic heterocycles. The second-order valence-electron chi connectivity index (χ2n) is 5.73. The van der Waals surface area contributed by atoms with Crippen LogP contribution in [0.1, 0.15) is 31.5 Å². The standard InChI is InChI=1S/C16H23N5/c17-14-7-5-13(6-8-14)16-18-15(19-20-16)9-12-21-10-3-1-2-4-11-21/h5-8H,1-4,9-12,17H2,(H,18,19,20). The van der Waals surface area contributed by atoms with E-state index in [0.29, 0.717) is 0 Å². The molecule has 0 unspecified atom stereocenters. The monoisotopic (exact) mass is 285 g/mol. The van der Waals surface area contributed by atoms with E-state index in [1.807, 2.05) is 24.3 Å². The van der Waals surface area contributed by atoms with E-state index in [-0.39, 0.29) is 0 Å². The second kappa shape index (κ2) is 6.72. The van der Waals surface area contributed by atoms with Gasteiger partial charge in [0.05, 0.1) is 0 Å². The Bertz CT molecular complexity index is 552. The average Bonchev–Trinajstić information content (AvgIpc) is 2.81. The number of H-pyrrole nitrogens is 1. The minimum Gasteiger partial charge on any atom is -0.399 e. The molecule has 0 radical (unpaired) electrons. The summed E-state index contributed by atoms with van der Waals surface area (Å²) in [6.45, 7) is 3.51. The highest BCUT2D eigenvalue weighted by atomic mass is 15.2. The number of likely N-dealkylation sites (tertiary alicyclic amines) is 1. The van der Waals surface area contributed by atoms with Gasteiger partial charge in [0.25, 0.3) is 0 Å². The Morgan fingerprint density at radius 2 is 1.76 bits per heavy atom. The minimum absolute atomic E-state index is 0.751. The number of hydrogen-bond donors (Lipinski definition) is 2. The van der Waals surface area contributed by atoms with Crippen LogP contribution in [-0.4, -0.2) is 39.7 Å². The van der Waals surface area contributed by atoms with Crippen LogP contribution in [0.15, 0.2) is 24.3 Å². The molecule has 0 amide bonds. The SMILES string of the molecule is Nc1ccc(-c2n[nH]c(CCN3CCCCCC3)n2)cc1. The molecular formula is C16H23N5. The average molecular weight is 285 g/mol. The Morgan fingerprint density at radius 1 is 1.05 bits per heavy atom. The fraction of sp³-hybridized carbons (Fsp3) is 0.500. The summed E-state index contributed by atoms with van der Waals surface area (Å²) in [5.41, 5.74) is 7.46. The third-order valence-electron chi connectivity index (χ3n) is 4.06. The van der Waals surface area contributed by atoms with Gasteiger partial charge < -0.3 is 10.6 Å². The predicted octanol–water partition coefficient (Wildman–Crippen LogP) is 2.47. The number of aromatic nitrogens is 3. The summed E-state index contributed by atoms with van der Waals surface area (Å²) in [5.74, 6) is 1.71. The zero-order valence-corrected chi connectivity index (χ0v) is 12.4. The summed E-state index contributed by atoms with van der Waals surface area (Å²) in [6, 6.07) is 7.67. The molecule has 5 heteroatoms. The lowest BCUT2D eigenvalue weighted by atomic mass is 10.2. The first-order valence-electron chi connectivity index (χ1n) is 7.81. The van der Waals surface area contributed by atoms with E-state index < -0.39 is 0 Å². The van der Waals surface area contributed by atoms with Gasteiger partial charge in [0.2, 0.25) is 0 Å². The molecule has 0 atom stereocenters. The van der Waals surface area contributed by atoms with Crippen molar-refractivity contribution >= 4 is 5.69 Å². The molecule has 1 fully saturated rings. The summed E-state index contributed by atoms with van der Waals surface area (Å²) < 4.78 is 0. The van der Waals surface area contributed by atoms with E-state index >= 15 is 0 Å². The third-order valence-corrected chi connectivity index (χ3v) is 4.06. The molecule has 112 valence electrons. The highest BCUT2D eigenvalue weighted by Crippen LogP contribution is 2.16. The number of nitrogens with zero attached hydrogens (tertiary/aromatic N) is 3. The molecule has 1 aliphatic rings. The summed E-state index contributed by atoms with van der Waals surface area (Å²) in [5, 5.41) is 7.36. The first-order chi connectivity index (χ1) is 10.3. The van der Waals surface area contributed by atoms with E-state index in [2.05, 4.69) is 20.1 Å². The molecule has 3 N–H and O–H groups in total. The maximum absolute atomic E-state index is 5.70. The van der Waals surface area contributed by atoms with Crippen molar-refractivity contribution in [1.29, 1.82) is 0 Å². The maximum Gasteiger partial charge on any atom is 0.181 e. The van der Waals surface area contributed by atoms with Gasteiger partial charge in [-0.1, -0.05) is 12.8 Å². The number of hydrogen-bond acceptors (Lipinski definition) is 4. The molecule has 2 heterocycles. The zero-order chi connectivity index (χ0) is 14.5. The number of aromatic amines is 1. The van der Waals surface area contributed by atoms with Crippen LogP contribution in [0, 0.1) is 0 Å². The van der Waals surface area contributed by atoms with Crippen molar-refractivity contribution in [3.8, 4) is 11.4 Å². The first kappa shape index (κ1) is 14.1. The second-order valence-corrected chi connectivity index (χ2v) is 5.73. The first-order valence-corrected chi connectivity index (χ1v) is 7.81. The van der Waals surface area contributed by atoms with Gasteiger partial charge in [-0.3, -0.25) is 5.10 Å². The van der Waals surface area contributed by atoms with Gasteiger partial charge in [-0.15, -0.1) is 0 Å². The molecule has 0 spiro atoms.